The molecule has 1 aliphatic rings. The topological polar surface area (TPSA) is 80.1 Å². The molecule has 0 aliphatic carbocycles. The standard InChI is InChI=1S/C18H23N3O3/c22-12-15-9-14(10-16(13-23)18(15)24)11-20-5-7-21(8-6-20)17-3-1-2-4-19-17/h1-4,9-10,22-24H,5-8,11-13H2. The molecule has 24 heavy (non-hydrogen) atoms. The number of aliphatic hydroxyl groups excluding tert-OH is 2. The Balaban J connectivity index is 1.64. The summed E-state index contributed by atoms with van der Waals surface area (Å²) in [5, 5.41) is 28.7. The lowest BCUT2D eigenvalue weighted by Gasteiger charge is -2.35. The fraction of sp³-hybridized carbons (Fsp3) is 0.389. The Morgan fingerprint density at radius 1 is 0.958 bits per heavy atom. The zero-order valence-electron chi connectivity index (χ0n) is 13.6. The fourth-order valence-corrected chi connectivity index (χ4v) is 3.10. The summed E-state index contributed by atoms with van der Waals surface area (Å²) < 4.78 is 0. The summed E-state index contributed by atoms with van der Waals surface area (Å²) in [6, 6.07) is 9.55. The van der Waals surface area contributed by atoms with Gasteiger partial charge < -0.3 is 20.2 Å². The predicted molar refractivity (Wildman–Crippen MR) is 91.7 cm³/mol. The Labute approximate surface area is 141 Å². The van der Waals surface area contributed by atoms with Crippen molar-refractivity contribution in [1.29, 1.82) is 0 Å². The molecule has 1 fully saturated rings. The lowest BCUT2D eigenvalue weighted by atomic mass is 10.0. The fourth-order valence-electron chi connectivity index (χ4n) is 3.10. The van der Waals surface area contributed by atoms with Gasteiger partial charge in [0.15, 0.2) is 0 Å². The maximum absolute atomic E-state index is 9.93. The monoisotopic (exact) mass is 329 g/mol. The third-order valence-electron chi connectivity index (χ3n) is 4.42. The highest BCUT2D eigenvalue weighted by atomic mass is 16.3. The second kappa shape index (κ2) is 7.61. The number of pyridine rings is 1. The summed E-state index contributed by atoms with van der Waals surface area (Å²) >= 11 is 0. The summed E-state index contributed by atoms with van der Waals surface area (Å²) in [5.74, 6) is 0.996. The van der Waals surface area contributed by atoms with E-state index in [1.54, 1.807) is 12.1 Å². The molecule has 128 valence electrons. The number of hydrogen-bond acceptors (Lipinski definition) is 6. The molecule has 1 aromatic heterocycles. The minimum absolute atomic E-state index is 0.0104. The molecule has 2 heterocycles. The first-order valence-electron chi connectivity index (χ1n) is 8.15. The van der Waals surface area contributed by atoms with E-state index in [9.17, 15) is 15.3 Å². The summed E-state index contributed by atoms with van der Waals surface area (Å²) in [4.78, 5) is 8.99. The van der Waals surface area contributed by atoms with Crippen molar-refractivity contribution in [3.63, 3.8) is 0 Å². The lowest BCUT2D eigenvalue weighted by molar-refractivity contribution is 0.246. The first-order valence-corrected chi connectivity index (χ1v) is 8.15. The minimum atomic E-state index is -0.236. The first-order chi connectivity index (χ1) is 11.7. The van der Waals surface area contributed by atoms with Crippen LogP contribution in [0, 0.1) is 0 Å². The van der Waals surface area contributed by atoms with E-state index < -0.39 is 0 Å². The molecule has 0 atom stereocenters. The number of phenols is 1. The molecule has 3 N–H and O–H groups in total. The molecule has 1 aliphatic heterocycles. The van der Waals surface area contributed by atoms with Crippen molar-refractivity contribution in [3.05, 3.63) is 53.2 Å². The van der Waals surface area contributed by atoms with Crippen molar-refractivity contribution >= 4 is 5.82 Å². The van der Waals surface area contributed by atoms with Crippen molar-refractivity contribution in [3.8, 4) is 5.75 Å². The number of nitrogens with zero attached hydrogens (tertiary/aromatic N) is 3. The number of anilines is 1. The lowest BCUT2D eigenvalue weighted by Crippen LogP contribution is -2.46. The molecule has 0 spiro atoms. The van der Waals surface area contributed by atoms with Crippen molar-refractivity contribution in [2.24, 2.45) is 0 Å². The van der Waals surface area contributed by atoms with Crippen LogP contribution in [0.1, 0.15) is 16.7 Å². The van der Waals surface area contributed by atoms with Gasteiger partial charge in [-0.3, -0.25) is 4.90 Å². The zero-order valence-corrected chi connectivity index (χ0v) is 13.6. The van der Waals surface area contributed by atoms with E-state index in [0.29, 0.717) is 11.1 Å². The smallest absolute Gasteiger partial charge is 0.128 e. The van der Waals surface area contributed by atoms with Gasteiger partial charge >= 0.3 is 0 Å². The SMILES string of the molecule is OCc1cc(CN2CCN(c3ccccn3)CC2)cc(CO)c1O. The summed E-state index contributed by atoms with van der Waals surface area (Å²) in [6.07, 6.45) is 1.81. The van der Waals surface area contributed by atoms with Gasteiger partial charge in [0.2, 0.25) is 0 Å². The van der Waals surface area contributed by atoms with Crippen LogP contribution in [0.25, 0.3) is 0 Å². The summed E-state index contributed by atoms with van der Waals surface area (Å²) in [5.41, 5.74) is 1.92. The average molecular weight is 329 g/mol. The number of aliphatic hydroxyl groups is 2. The second-order valence-corrected chi connectivity index (χ2v) is 6.03. The van der Waals surface area contributed by atoms with Gasteiger partial charge in [0.25, 0.3) is 0 Å². The molecule has 0 saturated carbocycles. The Kier molecular flexibility index (Phi) is 5.30. The molecule has 2 aromatic rings. The molecule has 0 unspecified atom stereocenters. The van der Waals surface area contributed by atoms with Crippen LogP contribution in [0.15, 0.2) is 36.5 Å². The minimum Gasteiger partial charge on any atom is -0.507 e. The number of hydrogen-bond donors (Lipinski definition) is 3. The van der Waals surface area contributed by atoms with E-state index >= 15 is 0 Å². The van der Waals surface area contributed by atoms with Gasteiger partial charge in [0.05, 0.1) is 13.2 Å². The highest BCUT2D eigenvalue weighted by Crippen LogP contribution is 2.26. The van der Waals surface area contributed by atoms with Crippen LogP contribution in [0.3, 0.4) is 0 Å². The van der Waals surface area contributed by atoms with E-state index in [2.05, 4.69) is 14.8 Å². The van der Waals surface area contributed by atoms with Gasteiger partial charge in [-0.05, 0) is 29.8 Å². The first kappa shape index (κ1) is 16.7. The van der Waals surface area contributed by atoms with Gasteiger partial charge in [-0.1, -0.05) is 6.07 Å². The van der Waals surface area contributed by atoms with Crippen molar-refractivity contribution in [2.75, 3.05) is 31.1 Å². The van der Waals surface area contributed by atoms with Crippen LogP contribution in [-0.2, 0) is 19.8 Å². The molecule has 3 rings (SSSR count). The van der Waals surface area contributed by atoms with Crippen molar-refractivity contribution in [2.45, 2.75) is 19.8 Å². The van der Waals surface area contributed by atoms with Gasteiger partial charge in [-0.2, -0.15) is 0 Å². The van der Waals surface area contributed by atoms with E-state index in [-0.39, 0.29) is 19.0 Å². The molecule has 6 heteroatoms. The highest BCUT2D eigenvalue weighted by molar-refractivity contribution is 5.43. The number of rotatable bonds is 5. The Morgan fingerprint density at radius 2 is 1.62 bits per heavy atom. The molecule has 1 saturated heterocycles. The van der Waals surface area contributed by atoms with E-state index in [4.69, 9.17) is 0 Å². The maximum atomic E-state index is 9.93. The quantitative estimate of drug-likeness (QED) is 0.762. The van der Waals surface area contributed by atoms with Gasteiger partial charge in [-0.15, -0.1) is 0 Å². The van der Waals surface area contributed by atoms with Crippen LogP contribution >= 0.6 is 0 Å². The molecule has 0 bridgehead atoms. The van der Waals surface area contributed by atoms with Crippen LogP contribution in [0.2, 0.25) is 0 Å². The van der Waals surface area contributed by atoms with Gasteiger partial charge in [0.1, 0.15) is 11.6 Å². The van der Waals surface area contributed by atoms with Gasteiger partial charge in [0, 0.05) is 50.0 Å². The third kappa shape index (κ3) is 3.67. The van der Waals surface area contributed by atoms with Crippen LogP contribution in [0.5, 0.6) is 5.75 Å². The molecule has 0 radical (unpaired) electrons. The van der Waals surface area contributed by atoms with E-state index in [1.165, 1.54) is 0 Å². The van der Waals surface area contributed by atoms with E-state index in [0.717, 1.165) is 44.1 Å². The summed E-state index contributed by atoms with van der Waals surface area (Å²) in [7, 11) is 0. The number of benzene rings is 1. The highest BCUT2D eigenvalue weighted by Gasteiger charge is 2.19. The number of aromatic nitrogens is 1. The normalized spacial score (nSPS) is 15.7. The Bertz CT molecular complexity index is 645. The van der Waals surface area contributed by atoms with Crippen LogP contribution in [0.4, 0.5) is 5.82 Å². The van der Waals surface area contributed by atoms with Gasteiger partial charge in [-0.25, -0.2) is 4.98 Å². The number of piperazine rings is 1. The van der Waals surface area contributed by atoms with Crippen molar-refractivity contribution < 1.29 is 15.3 Å². The summed E-state index contributed by atoms with van der Waals surface area (Å²) in [6.45, 7) is 3.92. The molecular weight excluding hydrogens is 306 g/mol. The Hall–Kier alpha value is -2.15. The number of aromatic hydroxyl groups is 1. The molecule has 6 nitrogen and oxygen atoms in total. The molecule has 0 amide bonds. The third-order valence-corrected chi connectivity index (χ3v) is 4.42. The van der Waals surface area contributed by atoms with Crippen molar-refractivity contribution in [1.82, 2.24) is 9.88 Å². The molecule has 1 aromatic carbocycles. The zero-order chi connectivity index (χ0) is 16.9. The van der Waals surface area contributed by atoms with E-state index in [1.807, 2.05) is 24.4 Å². The maximum Gasteiger partial charge on any atom is 0.128 e. The Morgan fingerprint density at radius 3 is 2.17 bits per heavy atom. The van der Waals surface area contributed by atoms with Crippen LogP contribution < -0.4 is 4.90 Å². The largest absolute Gasteiger partial charge is 0.507 e. The van der Waals surface area contributed by atoms with Crippen LogP contribution in [-0.4, -0.2) is 51.4 Å². The molecular formula is C18H23N3O3. The predicted octanol–water partition coefficient (Wildman–Crippen LogP) is 1.09. The second-order valence-electron chi connectivity index (χ2n) is 6.03. The average Bonchev–Trinajstić information content (AvgIpc) is 2.64.